The minimum atomic E-state index is -1.29. The third-order valence-corrected chi connectivity index (χ3v) is 5.48. The molecule has 0 unspecified atom stereocenters. The maximum absolute atomic E-state index is 11.3. The van der Waals surface area contributed by atoms with E-state index >= 15 is 0 Å². The molecule has 4 rings (SSSR count). The van der Waals surface area contributed by atoms with E-state index in [0.717, 1.165) is 23.9 Å². The smallest absolute Gasteiger partial charge is 0.335 e. The first-order chi connectivity index (χ1) is 17.6. The highest BCUT2D eigenvalue weighted by Gasteiger charge is 2.13. The molecule has 0 radical (unpaired) electrons. The van der Waals surface area contributed by atoms with Crippen molar-refractivity contribution >= 4 is 46.6 Å². The van der Waals surface area contributed by atoms with Crippen molar-refractivity contribution in [2.75, 3.05) is 0 Å². The fourth-order valence-electron chi connectivity index (χ4n) is 3.24. The summed E-state index contributed by atoms with van der Waals surface area (Å²) in [5.41, 5.74) is 1.20. The van der Waals surface area contributed by atoms with Gasteiger partial charge in [-0.3, -0.25) is 0 Å². The summed E-state index contributed by atoms with van der Waals surface area (Å²) in [6.07, 6.45) is 0. The van der Waals surface area contributed by atoms with Crippen LogP contribution < -0.4 is 0 Å². The van der Waals surface area contributed by atoms with Gasteiger partial charge in [-0.05, 0) is 48.5 Å². The fraction of sp³-hybridized carbons (Fsp3) is 0. The molecule has 0 saturated heterocycles. The Bertz CT molecular complexity index is 1570. The van der Waals surface area contributed by atoms with Crippen LogP contribution in [0.3, 0.4) is 0 Å². The lowest BCUT2D eigenvalue weighted by molar-refractivity contribution is 0.0676. The van der Waals surface area contributed by atoms with Crippen molar-refractivity contribution < 1.29 is 39.6 Å². The number of carboxylic acids is 4. The van der Waals surface area contributed by atoms with Gasteiger partial charge in [0.1, 0.15) is 11.0 Å². The minimum Gasteiger partial charge on any atom is -0.478 e. The maximum atomic E-state index is 11.3. The summed E-state index contributed by atoms with van der Waals surface area (Å²) in [6.45, 7) is 0. The summed E-state index contributed by atoms with van der Waals surface area (Å²) in [5.74, 6) is 6.07. The van der Waals surface area contributed by atoms with Gasteiger partial charge in [0.05, 0.1) is 45.1 Å². The number of carbonyl (C=O) groups is 4. The van der Waals surface area contributed by atoms with Crippen molar-refractivity contribution in [3.63, 3.8) is 0 Å². The molecule has 4 N–H and O–H groups in total. The number of hydrogen-bond acceptors (Lipinski definition) is 7. The Labute approximate surface area is 211 Å². The van der Waals surface area contributed by atoms with E-state index in [2.05, 4.69) is 32.4 Å². The molecule has 11 heteroatoms. The normalized spacial score (nSPS) is 10.1. The number of carboxylic acid groups (broad SMARTS) is 4. The van der Waals surface area contributed by atoms with Crippen LogP contribution in [0.1, 0.15) is 63.7 Å². The van der Waals surface area contributed by atoms with Crippen molar-refractivity contribution in [2.24, 2.45) is 0 Å². The molecule has 0 aliphatic carbocycles. The van der Waals surface area contributed by atoms with Crippen molar-refractivity contribution in [3.05, 3.63) is 93.0 Å². The summed E-state index contributed by atoms with van der Waals surface area (Å²) in [4.78, 5) is 45.3. The lowest BCUT2D eigenvalue weighted by Crippen LogP contribution is -2.03. The number of hydrogen-bond donors (Lipinski definition) is 4. The third kappa shape index (κ3) is 5.43. The van der Waals surface area contributed by atoms with Crippen LogP contribution in [-0.2, 0) is 0 Å². The summed E-state index contributed by atoms with van der Waals surface area (Å²) >= 11 is 0.904. The molecule has 0 fully saturated rings. The number of fused-ring (bicyclic) bond motifs is 1. The third-order valence-electron chi connectivity index (χ3n) is 4.95. The SMILES string of the molecule is O=C(O)c1cc(C#Cc2ccc(C#Cc3cc(C(=O)O)cc(C(=O)O)c3)c3nsnc23)cc(C(=O)O)c1. The molecule has 0 bridgehead atoms. The second kappa shape index (κ2) is 10.00. The first-order valence-electron chi connectivity index (χ1n) is 10.1. The zero-order chi connectivity index (χ0) is 26.7. The largest absolute Gasteiger partial charge is 0.478 e. The molecule has 0 aliphatic rings. The van der Waals surface area contributed by atoms with Crippen LogP contribution in [0.2, 0.25) is 0 Å². The van der Waals surface area contributed by atoms with E-state index in [1.807, 2.05) is 0 Å². The summed E-state index contributed by atoms with van der Waals surface area (Å²) < 4.78 is 8.46. The molecule has 0 aliphatic heterocycles. The van der Waals surface area contributed by atoms with Crippen molar-refractivity contribution in [1.29, 1.82) is 0 Å². The Morgan fingerprint density at radius 1 is 0.541 bits per heavy atom. The molecule has 1 aromatic heterocycles. The van der Waals surface area contributed by atoms with Gasteiger partial charge in [-0.15, -0.1) is 0 Å². The summed E-state index contributed by atoms with van der Waals surface area (Å²) in [6, 6.07) is 10.3. The Balaban J connectivity index is 1.74. The Morgan fingerprint density at radius 2 is 0.865 bits per heavy atom. The second-order valence-electron chi connectivity index (χ2n) is 7.44. The average molecular weight is 512 g/mol. The van der Waals surface area contributed by atoms with Crippen molar-refractivity contribution in [2.45, 2.75) is 0 Å². The first kappa shape index (κ1) is 24.6. The molecule has 180 valence electrons. The maximum Gasteiger partial charge on any atom is 0.335 e. The van der Waals surface area contributed by atoms with Crippen LogP contribution in [0.15, 0.2) is 48.5 Å². The quantitative estimate of drug-likeness (QED) is 0.297. The Hall–Kier alpha value is -5.52. The molecule has 0 spiro atoms. The average Bonchev–Trinajstić information content (AvgIpc) is 3.36. The van der Waals surface area contributed by atoms with Gasteiger partial charge in [0, 0.05) is 11.1 Å². The van der Waals surface area contributed by atoms with Gasteiger partial charge in [-0.25, -0.2) is 19.2 Å². The zero-order valence-electron chi connectivity index (χ0n) is 18.3. The topological polar surface area (TPSA) is 175 Å². The van der Waals surface area contributed by atoms with Crippen LogP contribution in [0, 0.1) is 23.7 Å². The molecule has 0 amide bonds. The van der Waals surface area contributed by atoms with E-state index < -0.39 is 23.9 Å². The van der Waals surface area contributed by atoms with Gasteiger partial charge in [0.15, 0.2) is 0 Å². The fourth-order valence-corrected chi connectivity index (χ4v) is 3.81. The van der Waals surface area contributed by atoms with Crippen molar-refractivity contribution in [3.8, 4) is 23.7 Å². The highest BCUT2D eigenvalue weighted by Crippen LogP contribution is 2.21. The lowest BCUT2D eigenvalue weighted by atomic mass is 10.0. The number of aromatic nitrogens is 2. The van der Waals surface area contributed by atoms with E-state index in [0.29, 0.717) is 22.2 Å². The molecule has 0 atom stereocenters. The van der Waals surface area contributed by atoms with Gasteiger partial charge >= 0.3 is 23.9 Å². The van der Waals surface area contributed by atoms with E-state index in [1.54, 1.807) is 12.1 Å². The van der Waals surface area contributed by atoms with Gasteiger partial charge < -0.3 is 20.4 Å². The predicted octanol–water partition coefficient (Wildman–Crippen LogP) is 3.28. The highest BCUT2D eigenvalue weighted by atomic mass is 32.1. The first-order valence-corrected chi connectivity index (χ1v) is 10.9. The Morgan fingerprint density at radius 3 is 1.16 bits per heavy atom. The number of rotatable bonds is 4. The molecule has 3 aromatic carbocycles. The van der Waals surface area contributed by atoms with Gasteiger partial charge in [0.2, 0.25) is 0 Å². The van der Waals surface area contributed by atoms with Crippen LogP contribution in [-0.4, -0.2) is 53.1 Å². The van der Waals surface area contributed by atoms with Crippen LogP contribution in [0.25, 0.3) is 11.0 Å². The summed E-state index contributed by atoms with van der Waals surface area (Å²) in [5, 5.41) is 36.9. The number of benzene rings is 3. The van der Waals surface area contributed by atoms with Crippen LogP contribution in [0.4, 0.5) is 0 Å². The van der Waals surface area contributed by atoms with Gasteiger partial charge in [0.25, 0.3) is 0 Å². The Kier molecular flexibility index (Phi) is 6.65. The molecular weight excluding hydrogens is 500 g/mol. The van der Waals surface area contributed by atoms with E-state index in [9.17, 15) is 39.6 Å². The predicted molar refractivity (Wildman–Crippen MR) is 130 cm³/mol. The zero-order valence-corrected chi connectivity index (χ0v) is 19.2. The molecular formula is C26H12N2O8S. The second-order valence-corrected chi connectivity index (χ2v) is 7.97. The van der Waals surface area contributed by atoms with E-state index in [-0.39, 0.29) is 33.4 Å². The van der Waals surface area contributed by atoms with Gasteiger partial charge in [-0.2, -0.15) is 8.75 Å². The lowest BCUT2D eigenvalue weighted by Gasteiger charge is -2.01. The molecule has 37 heavy (non-hydrogen) atoms. The monoisotopic (exact) mass is 512 g/mol. The van der Waals surface area contributed by atoms with Gasteiger partial charge in [-0.1, -0.05) is 23.7 Å². The van der Waals surface area contributed by atoms with Crippen molar-refractivity contribution in [1.82, 2.24) is 8.75 Å². The van der Waals surface area contributed by atoms with E-state index in [1.165, 1.54) is 24.3 Å². The van der Waals surface area contributed by atoms with E-state index in [4.69, 9.17) is 0 Å². The number of nitrogens with zero attached hydrogens (tertiary/aromatic N) is 2. The standard InChI is InChI=1S/C26H12N2O8S/c29-23(30)17-7-13(8-18(11-17)24(31)32)1-3-15-5-6-16(22-21(15)27-37-28-22)4-2-14-9-19(25(33)34)12-20(10-14)26(35)36/h5-12H,(H,29,30)(H,31,32)(H,33,34)(H,35,36). The number of aromatic carboxylic acids is 4. The molecule has 1 heterocycles. The molecule has 4 aromatic rings. The van der Waals surface area contributed by atoms with Crippen LogP contribution in [0.5, 0.6) is 0 Å². The molecule has 0 saturated carbocycles. The molecule has 10 nitrogen and oxygen atoms in total. The minimum absolute atomic E-state index is 0.185. The summed E-state index contributed by atoms with van der Waals surface area (Å²) in [7, 11) is 0. The highest BCUT2D eigenvalue weighted by molar-refractivity contribution is 7.00. The van der Waals surface area contributed by atoms with Crippen LogP contribution >= 0.6 is 11.7 Å².